The van der Waals surface area contributed by atoms with E-state index in [1.807, 2.05) is 42.5 Å². The molecule has 2 aromatic carbocycles. The fraction of sp³-hybridized carbons (Fsp3) is 0.286. The second-order valence-corrected chi connectivity index (χ2v) is 7.60. The third kappa shape index (κ3) is 4.59. The summed E-state index contributed by atoms with van der Waals surface area (Å²) in [6, 6.07) is 13.2. The van der Waals surface area contributed by atoms with Crippen LogP contribution in [0.25, 0.3) is 11.4 Å². The van der Waals surface area contributed by atoms with Crippen molar-refractivity contribution in [2.45, 2.75) is 25.3 Å². The number of carbonyl (C=O) groups is 1. The number of amides is 1. The zero-order chi connectivity index (χ0) is 20.2. The second-order valence-electron chi connectivity index (χ2n) is 6.68. The SMILES string of the molecule is COc1ccc(-c2noc(CCC(=O)NC3CCOc4ccc(Br)cc43)n2)cc1. The number of carbonyl (C=O) groups excluding carboxylic acids is 1. The summed E-state index contributed by atoms with van der Waals surface area (Å²) in [5, 5.41) is 7.07. The van der Waals surface area contributed by atoms with Gasteiger partial charge in [0.05, 0.1) is 19.8 Å². The van der Waals surface area contributed by atoms with Gasteiger partial charge in [-0.15, -0.1) is 0 Å². The molecule has 1 unspecified atom stereocenters. The van der Waals surface area contributed by atoms with Gasteiger partial charge in [0.1, 0.15) is 11.5 Å². The third-order valence-electron chi connectivity index (χ3n) is 4.73. The van der Waals surface area contributed by atoms with Gasteiger partial charge in [0, 0.05) is 34.9 Å². The Kier molecular flexibility index (Phi) is 5.80. The zero-order valence-corrected chi connectivity index (χ0v) is 17.4. The number of aromatic nitrogens is 2. The molecule has 0 saturated carbocycles. The maximum atomic E-state index is 12.5. The second kappa shape index (κ2) is 8.65. The quantitative estimate of drug-likeness (QED) is 0.599. The number of methoxy groups -OCH3 is 1. The van der Waals surface area contributed by atoms with Crippen molar-refractivity contribution in [3.8, 4) is 22.9 Å². The molecule has 1 aliphatic heterocycles. The van der Waals surface area contributed by atoms with E-state index in [4.69, 9.17) is 14.0 Å². The van der Waals surface area contributed by atoms with Crippen LogP contribution in [0.4, 0.5) is 0 Å². The highest BCUT2D eigenvalue weighted by Gasteiger charge is 2.23. The molecule has 150 valence electrons. The van der Waals surface area contributed by atoms with Crippen LogP contribution < -0.4 is 14.8 Å². The van der Waals surface area contributed by atoms with Gasteiger partial charge in [-0.1, -0.05) is 21.1 Å². The maximum Gasteiger partial charge on any atom is 0.227 e. The minimum atomic E-state index is -0.0682. The Balaban J connectivity index is 1.35. The molecule has 0 aliphatic carbocycles. The molecule has 1 aliphatic rings. The van der Waals surface area contributed by atoms with Crippen LogP contribution in [0, 0.1) is 0 Å². The minimum Gasteiger partial charge on any atom is -0.497 e. The number of rotatable bonds is 6. The van der Waals surface area contributed by atoms with Gasteiger partial charge in [0.15, 0.2) is 0 Å². The fourth-order valence-electron chi connectivity index (χ4n) is 3.22. The lowest BCUT2D eigenvalue weighted by molar-refractivity contribution is -0.122. The molecule has 0 bridgehead atoms. The number of aryl methyl sites for hydroxylation is 1. The topological polar surface area (TPSA) is 86.5 Å². The maximum absolute atomic E-state index is 12.5. The molecule has 1 aromatic heterocycles. The molecule has 0 spiro atoms. The lowest BCUT2D eigenvalue weighted by Gasteiger charge is -2.26. The number of fused-ring (bicyclic) bond motifs is 1. The van der Waals surface area contributed by atoms with E-state index in [9.17, 15) is 4.79 Å². The highest BCUT2D eigenvalue weighted by Crippen LogP contribution is 2.34. The van der Waals surface area contributed by atoms with E-state index in [0.717, 1.165) is 33.5 Å². The van der Waals surface area contributed by atoms with Crippen molar-refractivity contribution in [1.82, 2.24) is 15.5 Å². The van der Waals surface area contributed by atoms with E-state index in [2.05, 4.69) is 31.4 Å². The van der Waals surface area contributed by atoms with Crippen molar-refractivity contribution in [3.05, 3.63) is 58.4 Å². The van der Waals surface area contributed by atoms with Crippen molar-refractivity contribution in [1.29, 1.82) is 0 Å². The third-order valence-corrected chi connectivity index (χ3v) is 5.22. The molecule has 1 atom stereocenters. The number of hydrogen-bond donors (Lipinski definition) is 1. The first-order chi connectivity index (χ1) is 14.1. The van der Waals surface area contributed by atoms with Crippen LogP contribution in [0.15, 0.2) is 51.5 Å². The zero-order valence-electron chi connectivity index (χ0n) is 15.9. The molecule has 2 heterocycles. The Morgan fingerprint density at radius 1 is 1.28 bits per heavy atom. The predicted molar refractivity (Wildman–Crippen MR) is 110 cm³/mol. The first-order valence-electron chi connectivity index (χ1n) is 9.31. The van der Waals surface area contributed by atoms with Crippen LogP contribution in [0.5, 0.6) is 11.5 Å². The summed E-state index contributed by atoms with van der Waals surface area (Å²) < 4.78 is 17.1. The molecule has 0 fully saturated rings. The standard InChI is InChI=1S/C21H20BrN3O4/c1-27-15-5-2-13(3-6-15)21-24-20(29-25-21)9-8-19(26)23-17-10-11-28-18-7-4-14(22)12-16(17)18/h2-7,12,17H,8-11H2,1H3,(H,23,26). The van der Waals surface area contributed by atoms with Gasteiger partial charge in [0.2, 0.25) is 17.6 Å². The number of halogens is 1. The smallest absolute Gasteiger partial charge is 0.227 e. The summed E-state index contributed by atoms with van der Waals surface area (Å²) in [4.78, 5) is 16.8. The lowest BCUT2D eigenvalue weighted by atomic mass is 10.0. The normalized spacial score (nSPS) is 15.3. The Morgan fingerprint density at radius 2 is 2.10 bits per heavy atom. The van der Waals surface area contributed by atoms with E-state index in [1.54, 1.807) is 7.11 Å². The molecule has 0 radical (unpaired) electrons. The van der Waals surface area contributed by atoms with Crippen LogP contribution in [0.2, 0.25) is 0 Å². The van der Waals surface area contributed by atoms with Crippen LogP contribution >= 0.6 is 15.9 Å². The summed E-state index contributed by atoms with van der Waals surface area (Å²) in [7, 11) is 1.62. The predicted octanol–water partition coefficient (Wildman–Crippen LogP) is 4.08. The van der Waals surface area contributed by atoms with Crippen molar-refractivity contribution < 1.29 is 18.8 Å². The van der Waals surface area contributed by atoms with E-state index in [1.165, 1.54) is 0 Å². The Morgan fingerprint density at radius 3 is 2.90 bits per heavy atom. The van der Waals surface area contributed by atoms with Crippen LogP contribution in [-0.4, -0.2) is 29.8 Å². The average molecular weight is 458 g/mol. The molecular weight excluding hydrogens is 438 g/mol. The number of benzene rings is 2. The molecule has 29 heavy (non-hydrogen) atoms. The van der Waals surface area contributed by atoms with E-state index in [0.29, 0.717) is 24.7 Å². The monoisotopic (exact) mass is 457 g/mol. The summed E-state index contributed by atoms with van der Waals surface area (Å²) in [5.41, 5.74) is 1.81. The van der Waals surface area contributed by atoms with Gasteiger partial charge in [-0.25, -0.2) is 0 Å². The largest absolute Gasteiger partial charge is 0.497 e. The summed E-state index contributed by atoms with van der Waals surface area (Å²) >= 11 is 3.47. The van der Waals surface area contributed by atoms with Crippen LogP contribution in [0.3, 0.4) is 0 Å². The van der Waals surface area contributed by atoms with E-state index >= 15 is 0 Å². The van der Waals surface area contributed by atoms with Crippen LogP contribution in [-0.2, 0) is 11.2 Å². The first-order valence-corrected chi connectivity index (χ1v) is 10.1. The van der Waals surface area contributed by atoms with Crippen LogP contribution in [0.1, 0.15) is 30.3 Å². The molecule has 3 aromatic rings. The highest BCUT2D eigenvalue weighted by atomic mass is 79.9. The summed E-state index contributed by atoms with van der Waals surface area (Å²) in [5.74, 6) is 2.43. The molecule has 1 N–H and O–H groups in total. The van der Waals surface area contributed by atoms with Gasteiger partial charge in [-0.2, -0.15) is 4.98 Å². The number of nitrogens with one attached hydrogen (secondary N) is 1. The molecule has 1 amide bonds. The Hall–Kier alpha value is -2.87. The van der Waals surface area contributed by atoms with Crippen molar-refractivity contribution in [2.24, 2.45) is 0 Å². The number of hydrogen-bond acceptors (Lipinski definition) is 6. The van der Waals surface area contributed by atoms with E-state index < -0.39 is 0 Å². The lowest BCUT2D eigenvalue weighted by Crippen LogP contribution is -2.32. The molecule has 4 rings (SSSR count). The summed E-state index contributed by atoms with van der Waals surface area (Å²) in [6.07, 6.45) is 1.38. The highest BCUT2D eigenvalue weighted by molar-refractivity contribution is 9.10. The Bertz CT molecular complexity index is 1000. The molecule has 8 heteroatoms. The van der Waals surface area contributed by atoms with Gasteiger partial charge < -0.3 is 19.3 Å². The van der Waals surface area contributed by atoms with Crippen molar-refractivity contribution in [3.63, 3.8) is 0 Å². The Labute approximate surface area is 176 Å². The average Bonchev–Trinajstić information content (AvgIpc) is 3.22. The number of ether oxygens (including phenoxy) is 2. The number of nitrogens with zero attached hydrogens (tertiary/aromatic N) is 2. The van der Waals surface area contributed by atoms with E-state index in [-0.39, 0.29) is 18.4 Å². The summed E-state index contributed by atoms with van der Waals surface area (Å²) in [6.45, 7) is 0.578. The molecule has 7 nitrogen and oxygen atoms in total. The van der Waals surface area contributed by atoms with Gasteiger partial charge >= 0.3 is 0 Å². The molecule has 0 saturated heterocycles. The van der Waals surface area contributed by atoms with Crippen molar-refractivity contribution in [2.75, 3.05) is 13.7 Å². The van der Waals surface area contributed by atoms with Crippen molar-refractivity contribution >= 4 is 21.8 Å². The van der Waals surface area contributed by atoms with Gasteiger partial charge in [-0.3, -0.25) is 4.79 Å². The van der Waals surface area contributed by atoms with Gasteiger partial charge in [-0.05, 0) is 42.5 Å². The fourth-order valence-corrected chi connectivity index (χ4v) is 3.59. The minimum absolute atomic E-state index is 0.0629. The first kappa shape index (κ1) is 19.4. The van der Waals surface area contributed by atoms with Gasteiger partial charge in [0.25, 0.3) is 0 Å². The molecular formula is C21H20BrN3O4.